The zero-order chi connectivity index (χ0) is 16.7. The molecule has 7 nitrogen and oxygen atoms in total. The number of aliphatic carboxylic acids is 1. The minimum Gasteiger partial charge on any atom is -0.480 e. The van der Waals surface area contributed by atoms with Gasteiger partial charge >= 0.3 is 12.6 Å². The Hall–Kier alpha value is -2.71. The van der Waals surface area contributed by atoms with Crippen molar-refractivity contribution in [2.24, 2.45) is 0 Å². The van der Waals surface area contributed by atoms with E-state index in [1.807, 2.05) is 0 Å². The van der Waals surface area contributed by atoms with Gasteiger partial charge in [-0.05, 0) is 12.1 Å². The molecular formula is C13H14F2N2O5. The third kappa shape index (κ3) is 5.35. The third-order valence-electron chi connectivity index (χ3n) is 2.55. The number of hydrogen-bond donors (Lipinski definition) is 2. The van der Waals surface area contributed by atoms with Crippen molar-refractivity contribution in [2.75, 3.05) is 20.1 Å². The van der Waals surface area contributed by atoms with Crippen LogP contribution >= 0.6 is 0 Å². The zero-order valence-corrected chi connectivity index (χ0v) is 11.6. The summed E-state index contributed by atoms with van der Waals surface area (Å²) in [6, 6.07) is 5.32. The van der Waals surface area contributed by atoms with Gasteiger partial charge in [-0.1, -0.05) is 12.1 Å². The largest absolute Gasteiger partial charge is 0.480 e. The molecule has 120 valence electrons. The Labute approximate surface area is 124 Å². The van der Waals surface area contributed by atoms with Crippen LogP contribution in [0.4, 0.5) is 8.78 Å². The van der Waals surface area contributed by atoms with E-state index in [1.165, 1.54) is 31.3 Å². The van der Waals surface area contributed by atoms with E-state index < -0.39 is 37.5 Å². The molecular weight excluding hydrogens is 302 g/mol. The molecule has 22 heavy (non-hydrogen) atoms. The maximum atomic E-state index is 12.2. The highest BCUT2D eigenvalue weighted by Crippen LogP contribution is 2.19. The van der Waals surface area contributed by atoms with Crippen molar-refractivity contribution >= 4 is 17.8 Å². The molecule has 2 amide bonds. The number of halogens is 2. The normalized spacial score (nSPS) is 10.2. The van der Waals surface area contributed by atoms with E-state index in [4.69, 9.17) is 5.11 Å². The minimum atomic E-state index is -3.09. The third-order valence-corrected chi connectivity index (χ3v) is 2.55. The van der Waals surface area contributed by atoms with Crippen LogP contribution in [-0.2, 0) is 9.59 Å². The summed E-state index contributed by atoms with van der Waals surface area (Å²) in [4.78, 5) is 34.8. The summed E-state index contributed by atoms with van der Waals surface area (Å²) in [6.07, 6.45) is 0. The number of hydrogen-bond acceptors (Lipinski definition) is 4. The maximum Gasteiger partial charge on any atom is 0.387 e. The number of benzene rings is 1. The van der Waals surface area contributed by atoms with Gasteiger partial charge in [-0.25, -0.2) is 0 Å². The molecule has 0 fully saturated rings. The number of likely N-dealkylation sites (N-methyl/N-ethyl adjacent to an activating group) is 1. The molecule has 0 bridgehead atoms. The van der Waals surface area contributed by atoms with Gasteiger partial charge in [-0.3, -0.25) is 14.4 Å². The molecule has 0 spiro atoms. The minimum absolute atomic E-state index is 0.156. The molecule has 2 N–H and O–H groups in total. The average Bonchev–Trinajstić information content (AvgIpc) is 2.43. The fourth-order valence-corrected chi connectivity index (χ4v) is 1.53. The summed E-state index contributed by atoms with van der Waals surface area (Å²) in [7, 11) is 1.26. The van der Waals surface area contributed by atoms with Gasteiger partial charge in [0.25, 0.3) is 5.91 Å². The first-order valence-electron chi connectivity index (χ1n) is 6.09. The summed E-state index contributed by atoms with van der Waals surface area (Å²) in [5, 5.41) is 10.8. The van der Waals surface area contributed by atoms with Crippen molar-refractivity contribution < 1.29 is 33.0 Å². The van der Waals surface area contributed by atoms with Gasteiger partial charge in [0.05, 0.1) is 12.1 Å². The second kappa shape index (κ2) is 7.91. The van der Waals surface area contributed by atoms with Crippen LogP contribution < -0.4 is 10.1 Å². The molecule has 0 saturated heterocycles. The van der Waals surface area contributed by atoms with Gasteiger partial charge in [-0.15, -0.1) is 0 Å². The van der Waals surface area contributed by atoms with E-state index in [2.05, 4.69) is 10.1 Å². The lowest BCUT2D eigenvalue weighted by Gasteiger charge is -2.15. The van der Waals surface area contributed by atoms with Crippen LogP contribution in [0.15, 0.2) is 24.3 Å². The average molecular weight is 316 g/mol. The summed E-state index contributed by atoms with van der Waals surface area (Å²) >= 11 is 0. The van der Waals surface area contributed by atoms with Gasteiger partial charge in [-0.2, -0.15) is 8.78 Å². The second-order valence-corrected chi connectivity index (χ2v) is 4.20. The highest BCUT2D eigenvalue weighted by atomic mass is 19.3. The van der Waals surface area contributed by atoms with Gasteiger partial charge in [0.2, 0.25) is 5.91 Å². The number of carbonyl (C=O) groups is 3. The van der Waals surface area contributed by atoms with E-state index in [-0.39, 0.29) is 11.3 Å². The molecule has 9 heteroatoms. The maximum absolute atomic E-state index is 12.2. The molecule has 0 unspecified atom stereocenters. The smallest absolute Gasteiger partial charge is 0.387 e. The molecule has 0 atom stereocenters. The molecule has 0 aliphatic carbocycles. The predicted octanol–water partition coefficient (Wildman–Crippen LogP) is 0.561. The van der Waals surface area contributed by atoms with Crippen LogP contribution in [0.25, 0.3) is 0 Å². The van der Waals surface area contributed by atoms with Gasteiger partial charge < -0.3 is 20.1 Å². The summed E-state index contributed by atoms with van der Waals surface area (Å²) in [6.45, 7) is -4.07. The molecule has 1 aromatic rings. The molecule has 1 rings (SSSR count). The highest BCUT2D eigenvalue weighted by Gasteiger charge is 2.17. The Morgan fingerprint density at radius 1 is 1.32 bits per heavy atom. The van der Waals surface area contributed by atoms with Gasteiger partial charge in [0.1, 0.15) is 12.3 Å². The lowest BCUT2D eigenvalue weighted by atomic mass is 10.2. The van der Waals surface area contributed by atoms with Crippen molar-refractivity contribution in [3.63, 3.8) is 0 Å². The zero-order valence-electron chi connectivity index (χ0n) is 11.6. The van der Waals surface area contributed by atoms with Gasteiger partial charge in [0, 0.05) is 7.05 Å². The highest BCUT2D eigenvalue weighted by molar-refractivity contribution is 5.98. The van der Waals surface area contributed by atoms with Crippen molar-refractivity contribution in [2.45, 2.75) is 6.61 Å². The van der Waals surface area contributed by atoms with E-state index in [0.717, 1.165) is 4.90 Å². The first-order valence-corrected chi connectivity index (χ1v) is 6.09. The lowest BCUT2D eigenvalue weighted by Crippen LogP contribution is -2.40. The van der Waals surface area contributed by atoms with E-state index in [0.29, 0.717) is 0 Å². The molecule has 0 aromatic heterocycles. The van der Waals surface area contributed by atoms with E-state index in [9.17, 15) is 23.2 Å². The van der Waals surface area contributed by atoms with Crippen LogP contribution in [-0.4, -0.2) is 54.5 Å². The quantitative estimate of drug-likeness (QED) is 0.766. The number of carboxylic acid groups (broad SMARTS) is 1. The van der Waals surface area contributed by atoms with Crippen LogP contribution in [0.1, 0.15) is 10.4 Å². The number of nitrogens with zero attached hydrogens (tertiary/aromatic N) is 1. The van der Waals surface area contributed by atoms with Crippen LogP contribution in [0, 0.1) is 0 Å². The standard InChI is InChI=1S/C13H14F2N2O5/c1-17(7-11(19)20)10(18)6-16-12(21)8-4-2-3-5-9(8)22-13(14)15/h2-5,13H,6-7H2,1H3,(H,16,21)(H,19,20). The topological polar surface area (TPSA) is 95.9 Å². The van der Waals surface area contributed by atoms with Crippen LogP contribution in [0.3, 0.4) is 0 Å². The molecule has 0 aliphatic rings. The monoisotopic (exact) mass is 316 g/mol. The number of amides is 2. The Kier molecular flexibility index (Phi) is 6.24. The van der Waals surface area contributed by atoms with Gasteiger partial charge in [0.15, 0.2) is 0 Å². The number of carboxylic acids is 1. The second-order valence-electron chi connectivity index (χ2n) is 4.20. The summed E-state index contributed by atoms with van der Waals surface area (Å²) in [5.41, 5.74) is -0.156. The molecule has 0 radical (unpaired) electrons. The van der Waals surface area contributed by atoms with Crippen molar-refractivity contribution in [3.8, 4) is 5.75 Å². The van der Waals surface area contributed by atoms with Crippen LogP contribution in [0.2, 0.25) is 0 Å². The molecule has 0 heterocycles. The summed E-state index contributed by atoms with van der Waals surface area (Å²) in [5.74, 6) is -2.93. The Balaban J connectivity index is 2.66. The fourth-order valence-electron chi connectivity index (χ4n) is 1.53. The number of alkyl halides is 2. The lowest BCUT2D eigenvalue weighted by molar-refractivity contribution is -0.143. The SMILES string of the molecule is CN(CC(=O)O)C(=O)CNC(=O)c1ccccc1OC(F)F. The fraction of sp³-hybridized carbons (Fsp3) is 0.308. The van der Waals surface area contributed by atoms with Crippen molar-refractivity contribution in [1.29, 1.82) is 0 Å². The van der Waals surface area contributed by atoms with Crippen LogP contribution in [0.5, 0.6) is 5.75 Å². The Bertz CT molecular complexity index is 565. The van der Waals surface area contributed by atoms with E-state index >= 15 is 0 Å². The Morgan fingerprint density at radius 3 is 2.55 bits per heavy atom. The van der Waals surface area contributed by atoms with Crippen molar-refractivity contribution in [1.82, 2.24) is 10.2 Å². The number of rotatable bonds is 7. The predicted molar refractivity (Wildman–Crippen MR) is 70.7 cm³/mol. The number of ether oxygens (including phenoxy) is 1. The van der Waals surface area contributed by atoms with E-state index in [1.54, 1.807) is 0 Å². The Morgan fingerprint density at radius 2 is 1.95 bits per heavy atom. The first-order chi connectivity index (χ1) is 10.3. The molecule has 0 saturated carbocycles. The number of carbonyl (C=O) groups excluding carboxylic acids is 2. The van der Waals surface area contributed by atoms with Crippen molar-refractivity contribution in [3.05, 3.63) is 29.8 Å². The number of nitrogens with one attached hydrogen (secondary N) is 1. The first kappa shape index (κ1) is 17.3. The number of para-hydroxylation sites is 1. The summed E-state index contributed by atoms with van der Waals surface area (Å²) < 4.78 is 28.7. The molecule has 1 aromatic carbocycles. The molecule has 0 aliphatic heterocycles.